The van der Waals surface area contributed by atoms with Crippen molar-refractivity contribution in [3.63, 3.8) is 0 Å². The predicted octanol–water partition coefficient (Wildman–Crippen LogP) is 2.14. The number of nitrogens with zero attached hydrogens (tertiary/aromatic N) is 1. The van der Waals surface area contributed by atoms with Crippen molar-refractivity contribution in [2.45, 2.75) is 12.6 Å². The molecule has 0 saturated carbocycles. The molecule has 7 heteroatoms. The second-order valence-electron chi connectivity index (χ2n) is 6.22. The summed E-state index contributed by atoms with van der Waals surface area (Å²) in [7, 11) is 0. The quantitative estimate of drug-likeness (QED) is 0.808. The van der Waals surface area contributed by atoms with E-state index in [9.17, 15) is 9.59 Å². The molecule has 6 nitrogen and oxygen atoms in total. The molecule has 0 spiro atoms. The average molecular weight is 370 g/mol. The van der Waals surface area contributed by atoms with E-state index in [0.29, 0.717) is 37.1 Å². The molecular weight excluding hydrogens is 352 g/mol. The highest BCUT2D eigenvalue weighted by molar-refractivity contribution is 8.15. The minimum atomic E-state index is -0.500. The van der Waals surface area contributed by atoms with Crippen molar-refractivity contribution >= 4 is 22.7 Å². The van der Waals surface area contributed by atoms with E-state index in [1.165, 1.54) is 0 Å². The lowest BCUT2D eigenvalue weighted by Crippen LogP contribution is -2.29. The minimum absolute atomic E-state index is 0.0196. The summed E-state index contributed by atoms with van der Waals surface area (Å²) < 4.78 is 11.6. The van der Waals surface area contributed by atoms with Crippen LogP contribution in [0.3, 0.4) is 0 Å². The molecule has 1 fully saturated rings. The molecule has 0 amide bonds. The van der Waals surface area contributed by atoms with Gasteiger partial charge in [-0.25, -0.2) is 4.98 Å². The van der Waals surface area contributed by atoms with Crippen molar-refractivity contribution in [3.05, 3.63) is 53.7 Å². The summed E-state index contributed by atoms with van der Waals surface area (Å²) in [5, 5.41) is 3.17. The lowest BCUT2D eigenvalue weighted by atomic mass is 10.1. The third kappa shape index (κ3) is 3.59. The van der Waals surface area contributed by atoms with E-state index in [1.54, 1.807) is 6.20 Å². The van der Waals surface area contributed by atoms with Gasteiger partial charge in [0.25, 0.3) is 5.88 Å². The summed E-state index contributed by atoms with van der Waals surface area (Å²) in [6.45, 7) is 1.45. The zero-order valence-corrected chi connectivity index (χ0v) is 14.8. The molecule has 26 heavy (non-hydrogen) atoms. The van der Waals surface area contributed by atoms with Gasteiger partial charge in [-0.3, -0.25) is 9.59 Å². The second-order valence-corrected chi connectivity index (χ2v) is 7.20. The highest BCUT2D eigenvalue weighted by Crippen LogP contribution is 2.33. The van der Waals surface area contributed by atoms with Crippen LogP contribution in [0.1, 0.15) is 17.2 Å². The van der Waals surface area contributed by atoms with E-state index in [0.717, 1.165) is 22.9 Å². The van der Waals surface area contributed by atoms with Gasteiger partial charge in [-0.1, -0.05) is 36.0 Å². The molecule has 1 N–H and O–H groups in total. The molecule has 1 saturated heterocycles. The third-order valence-corrected chi connectivity index (χ3v) is 5.44. The molecule has 1 unspecified atom stereocenters. The first kappa shape index (κ1) is 17.1. The number of hydrogen-bond acceptors (Lipinski definition) is 7. The molecule has 2 atom stereocenters. The Morgan fingerprint density at radius 1 is 1.19 bits per heavy atom. The first-order valence-corrected chi connectivity index (χ1v) is 9.42. The predicted molar refractivity (Wildman–Crippen MR) is 97.2 cm³/mol. The van der Waals surface area contributed by atoms with Crippen LogP contribution in [0, 0.1) is 5.92 Å². The van der Waals surface area contributed by atoms with E-state index >= 15 is 0 Å². The van der Waals surface area contributed by atoms with Crippen LogP contribution >= 0.6 is 11.8 Å². The third-order valence-electron chi connectivity index (χ3n) is 4.44. The van der Waals surface area contributed by atoms with Crippen LogP contribution in [-0.2, 0) is 16.1 Å². The number of carbonyl (C=O) groups excluding carboxylic acids is 2. The van der Waals surface area contributed by atoms with E-state index in [1.807, 2.05) is 36.4 Å². The molecule has 0 radical (unpaired) electrons. The van der Waals surface area contributed by atoms with E-state index in [2.05, 4.69) is 10.3 Å². The summed E-state index contributed by atoms with van der Waals surface area (Å²) in [6.07, 6.45) is 1.49. The number of fused-ring (bicyclic) bond motifs is 1. The normalized spacial score (nSPS) is 21.8. The molecule has 1 aromatic heterocycles. The number of hydrogen-bond donors (Lipinski definition) is 1. The monoisotopic (exact) mass is 370 g/mol. The lowest BCUT2D eigenvalue weighted by molar-refractivity contribution is -0.125. The Hall–Kier alpha value is -2.38. The first-order chi connectivity index (χ1) is 12.7. The lowest BCUT2D eigenvalue weighted by Gasteiger charge is -2.25. The summed E-state index contributed by atoms with van der Waals surface area (Å²) in [4.78, 5) is 27.4. The average Bonchev–Trinajstić information content (AvgIpc) is 3.00. The minimum Gasteiger partial charge on any atom is -0.484 e. The van der Waals surface area contributed by atoms with Crippen LogP contribution in [-0.4, -0.2) is 34.8 Å². The number of rotatable bonds is 5. The number of thioether (sulfide) groups is 1. The fourth-order valence-corrected chi connectivity index (χ4v) is 3.86. The van der Waals surface area contributed by atoms with Crippen molar-refractivity contribution in [1.82, 2.24) is 10.3 Å². The fraction of sp³-hybridized carbons (Fsp3) is 0.316. The maximum Gasteiger partial charge on any atom is 0.257 e. The Kier molecular flexibility index (Phi) is 4.90. The Balaban J connectivity index is 1.33. The summed E-state index contributed by atoms with van der Waals surface area (Å²) in [6, 6.07) is 11.7. The molecule has 2 aliphatic rings. The zero-order valence-electron chi connectivity index (χ0n) is 14.0. The van der Waals surface area contributed by atoms with Crippen molar-refractivity contribution in [2.24, 2.45) is 5.92 Å². The van der Waals surface area contributed by atoms with Crippen LogP contribution in [0.5, 0.6) is 11.6 Å². The number of ether oxygens (including phenoxy) is 2. The number of ketones is 1. The SMILES string of the molecule is O=C1CSC(=O)C1CNCc1ccc([C@H]2COc3cccnc3O2)cc1. The highest BCUT2D eigenvalue weighted by atomic mass is 32.2. The van der Waals surface area contributed by atoms with Crippen LogP contribution in [0.4, 0.5) is 0 Å². The van der Waals surface area contributed by atoms with Crippen LogP contribution in [0.2, 0.25) is 0 Å². The number of carbonyl (C=O) groups is 2. The molecule has 1 aromatic carbocycles. The van der Waals surface area contributed by atoms with Gasteiger partial charge in [-0.15, -0.1) is 0 Å². The van der Waals surface area contributed by atoms with Gasteiger partial charge in [0.2, 0.25) is 5.12 Å². The van der Waals surface area contributed by atoms with E-state index in [-0.39, 0.29) is 17.0 Å². The zero-order chi connectivity index (χ0) is 17.9. The van der Waals surface area contributed by atoms with Gasteiger partial charge in [0, 0.05) is 19.3 Å². The summed E-state index contributed by atoms with van der Waals surface area (Å²) in [5.41, 5.74) is 2.09. The Morgan fingerprint density at radius 2 is 2.04 bits per heavy atom. The largest absolute Gasteiger partial charge is 0.484 e. The number of pyridine rings is 1. The van der Waals surface area contributed by atoms with Crippen molar-refractivity contribution < 1.29 is 19.1 Å². The topological polar surface area (TPSA) is 77.5 Å². The molecule has 0 bridgehead atoms. The highest BCUT2D eigenvalue weighted by Gasteiger charge is 2.33. The van der Waals surface area contributed by atoms with E-state index < -0.39 is 5.92 Å². The molecule has 2 aliphatic heterocycles. The van der Waals surface area contributed by atoms with E-state index in [4.69, 9.17) is 9.47 Å². The van der Waals surface area contributed by atoms with Gasteiger partial charge < -0.3 is 14.8 Å². The Labute approximate surface area is 155 Å². The summed E-state index contributed by atoms with van der Waals surface area (Å²) >= 11 is 1.11. The van der Waals surface area contributed by atoms with Crippen molar-refractivity contribution in [1.29, 1.82) is 0 Å². The number of benzene rings is 1. The number of aromatic nitrogens is 1. The molecular formula is C19H18N2O4S. The van der Waals surface area contributed by atoms with Crippen LogP contribution < -0.4 is 14.8 Å². The van der Waals surface area contributed by atoms with Crippen molar-refractivity contribution in [3.8, 4) is 11.6 Å². The van der Waals surface area contributed by atoms with Crippen LogP contribution in [0.15, 0.2) is 42.6 Å². The Morgan fingerprint density at radius 3 is 2.81 bits per heavy atom. The van der Waals surface area contributed by atoms with Gasteiger partial charge >= 0.3 is 0 Å². The van der Waals surface area contributed by atoms with Gasteiger partial charge in [0.15, 0.2) is 17.6 Å². The smallest absolute Gasteiger partial charge is 0.257 e. The second kappa shape index (κ2) is 7.47. The molecule has 4 rings (SSSR count). The van der Waals surface area contributed by atoms with Crippen molar-refractivity contribution in [2.75, 3.05) is 18.9 Å². The maximum absolute atomic E-state index is 11.6. The fourth-order valence-electron chi connectivity index (χ4n) is 2.96. The van der Waals surface area contributed by atoms with Gasteiger partial charge in [-0.05, 0) is 23.3 Å². The maximum atomic E-state index is 11.6. The number of Topliss-reactive ketones (excluding diaryl/α,β-unsaturated/α-hetero) is 1. The van der Waals surface area contributed by atoms with Gasteiger partial charge in [0.1, 0.15) is 12.5 Å². The molecule has 2 aromatic rings. The Bertz CT molecular complexity index is 809. The molecule has 0 aliphatic carbocycles. The standard InChI is InChI=1S/C19H18N2O4S/c22-15-11-26-19(23)14(15)9-20-8-12-3-5-13(6-4-12)17-10-24-16-2-1-7-21-18(16)25-17/h1-7,14,17,20H,8-11H2/t14?,17-/m1/s1. The summed E-state index contributed by atoms with van der Waals surface area (Å²) in [5.74, 6) is 1.00. The molecule has 134 valence electrons. The van der Waals surface area contributed by atoms with Gasteiger partial charge in [-0.2, -0.15) is 0 Å². The van der Waals surface area contributed by atoms with Gasteiger partial charge in [0.05, 0.1) is 5.75 Å². The van der Waals surface area contributed by atoms with Crippen LogP contribution in [0.25, 0.3) is 0 Å². The first-order valence-electron chi connectivity index (χ1n) is 8.44. The molecule has 3 heterocycles. The number of nitrogens with one attached hydrogen (secondary N) is 1.